The predicted molar refractivity (Wildman–Crippen MR) is 73.0 cm³/mol. The Hall–Kier alpha value is -1.82. The van der Waals surface area contributed by atoms with Crippen LogP contribution >= 0.6 is 11.3 Å². The van der Waals surface area contributed by atoms with Gasteiger partial charge in [0.2, 0.25) is 5.13 Å². The van der Waals surface area contributed by atoms with E-state index in [1.807, 2.05) is 20.8 Å². The summed E-state index contributed by atoms with van der Waals surface area (Å²) in [6.45, 7) is 6.06. The fraction of sp³-hybridized carbons (Fsp3) is 0.308. The molecule has 0 atom stereocenters. The van der Waals surface area contributed by atoms with E-state index in [0.717, 1.165) is 5.01 Å². The average Bonchev–Trinajstić information content (AvgIpc) is 2.77. The number of hydrogen-bond acceptors (Lipinski definition) is 4. The molecule has 2 rings (SSSR count). The topological polar surface area (TPSA) is 54.9 Å². The van der Waals surface area contributed by atoms with Crippen LogP contribution in [0.2, 0.25) is 0 Å². The number of anilines is 1. The number of carbonyl (C=O) groups is 1. The minimum absolute atomic E-state index is 0.112. The Bertz CT molecular complexity index is 604. The Morgan fingerprint density at radius 1 is 1.32 bits per heavy atom. The zero-order valence-electron chi connectivity index (χ0n) is 10.9. The van der Waals surface area contributed by atoms with Crippen molar-refractivity contribution in [1.82, 2.24) is 10.2 Å². The molecule has 0 aliphatic carbocycles. The van der Waals surface area contributed by atoms with Crippen molar-refractivity contribution in [2.45, 2.75) is 26.2 Å². The Kier molecular flexibility index (Phi) is 3.61. The van der Waals surface area contributed by atoms with Crippen LogP contribution < -0.4 is 5.32 Å². The highest BCUT2D eigenvalue weighted by Crippen LogP contribution is 2.27. The van der Waals surface area contributed by atoms with Crippen LogP contribution in [0, 0.1) is 5.82 Å². The fourth-order valence-corrected chi connectivity index (χ4v) is 2.17. The molecule has 0 aliphatic heterocycles. The minimum Gasteiger partial charge on any atom is -0.296 e. The summed E-state index contributed by atoms with van der Waals surface area (Å²) in [5.41, 5.74) is 0.145. The van der Waals surface area contributed by atoms with Crippen LogP contribution in [-0.2, 0) is 5.41 Å². The summed E-state index contributed by atoms with van der Waals surface area (Å²) in [4.78, 5) is 11.9. The zero-order valence-corrected chi connectivity index (χ0v) is 11.7. The lowest BCUT2D eigenvalue weighted by Crippen LogP contribution is -2.11. The van der Waals surface area contributed by atoms with Gasteiger partial charge >= 0.3 is 0 Å². The highest BCUT2D eigenvalue weighted by molar-refractivity contribution is 7.15. The number of hydrogen-bond donors (Lipinski definition) is 1. The first kappa shape index (κ1) is 13.6. The monoisotopic (exact) mass is 279 g/mol. The molecule has 1 aromatic heterocycles. The Balaban J connectivity index is 2.13. The van der Waals surface area contributed by atoms with E-state index < -0.39 is 11.7 Å². The second kappa shape index (κ2) is 5.05. The van der Waals surface area contributed by atoms with Crippen LogP contribution in [0.4, 0.5) is 9.52 Å². The summed E-state index contributed by atoms with van der Waals surface area (Å²) < 4.78 is 13.0. The fourth-order valence-electron chi connectivity index (χ4n) is 1.38. The number of carbonyl (C=O) groups excluding carboxylic acids is 1. The largest absolute Gasteiger partial charge is 0.296 e. The van der Waals surface area contributed by atoms with Crippen molar-refractivity contribution in [3.63, 3.8) is 0 Å². The second-order valence-corrected chi connectivity index (χ2v) is 6.10. The Labute approximate surface area is 114 Å². The summed E-state index contributed by atoms with van der Waals surface area (Å²) in [7, 11) is 0. The smallest absolute Gasteiger partial charge is 0.257 e. The molecule has 0 fully saturated rings. The molecule has 0 saturated heterocycles. The van der Waals surface area contributed by atoms with E-state index in [-0.39, 0.29) is 11.0 Å². The standard InChI is InChI=1S/C13H14FN3OS/c1-13(2,3)11-16-17-12(19-11)15-10(18)8-5-4-6-9(14)7-8/h4-7H,1-3H3,(H,15,17,18). The molecule has 1 N–H and O–H groups in total. The lowest BCUT2D eigenvalue weighted by Gasteiger charge is -2.12. The van der Waals surface area contributed by atoms with Crippen molar-refractivity contribution < 1.29 is 9.18 Å². The molecule has 0 bridgehead atoms. The first-order valence-electron chi connectivity index (χ1n) is 5.77. The molecule has 1 aromatic carbocycles. The van der Waals surface area contributed by atoms with Gasteiger partial charge in [-0.1, -0.05) is 38.2 Å². The zero-order chi connectivity index (χ0) is 14.0. The number of nitrogens with zero attached hydrogens (tertiary/aromatic N) is 2. The molecule has 0 unspecified atom stereocenters. The van der Waals surface area contributed by atoms with Gasteiger partial charge in [-0.25, -0.2) is 4.39 Å². The normalized spacial score (nSPS) is 11.4. The summed E-state index contributed by atoms with van der Waals surface area (Å²) in [5, 5.41) is 11.8. The van der Waals surface area contributed by atoms with Crippen LogP contribution in [-0.4, -0.2) is 16.1 Å². The third kappa shape index (κ3) is 3.35. The van der Waals surface area contributed by atoms with E-state index in [4.69, 9.17) is 0 Å². The molecule has 19 heavy (non-hydrogen) atoms. The van der Waals surface area contributed by atoms with Gasteiger partial charge in [-0.2, -0.15) is 0 Å². The first-order chi connectivity index (χ1) is 8.86. The maximum atomic E-state index is 13.0. The molecule has 0 aliphatic rings. The molecule has 0 radical (unpaired) electrons. The van der Waals surface area contributed by atoms with E-state index in [1.165, 1.54) is 29.5 Å². The number of halogens is 1. The minimum atomic E-state index is -0.444. The van der Waals surface area contributed by atoms with Crippen LogP contribution in [0.25, 0.3) is 0 Å². The molecule has 1 amide bonds. The van der Waals surface area contributed by atoms with Gasteiger partial charge in [-0.15, -0.1) is 10.2 Å². The van der Waals surface area contributed by atoms with Gasteiger partial charge in [0.15, 0.2) is 0 Å². The quantitative estimate of drug-likeness (QED) is 0.918. The van der Waals surface area contributed by atoms with Gasteiger partial charge in [-0.05, 0) is 18.2 Å². The molecule has 100 valence electrons. The maximum Gasteiger partial charge on any atom is 0.257 e. The van der Waals surface area contributed by atoms with Crippen molar-refractivity contribution in [3.8, 4) is 0 Å². The van der Waals surface area contributed by atoms with Gasteiger partial charge in [-0.3, -0.25) is 10.1 Å². The van der Waals surface area contributed by atoms with Crippen molar-refractivity contribution in [2.75, 3.05) is 5.32 Å². The highest BCUT2D eigenvalue weighted by Gasteiger charge is 2.20. The lowest BCUT2D eigenvalue weighted by atomic mass is 9.98. The van der Waals surface area contributed by atoms with Crippen LogP contribution in [0.15, 0.2) is 24.3 Å². The molecule has 0 saturated carbocycles. The summed E-state index contributed by atoms with van der Waals surface area (Å²) in [6.07, 6.45) is 0. The van der Waals surface area contributed by atoms with Crippen molar-refractivity contribution in [2.24, 2.45) is 0 Å². The summed E-state index contributed by atoms with van der Waals surface area (Å²) >= 11 is 1.32. The predicted octanol–water partition coefficient (Wildman–Crippen LogP) is 3.23. The van der Waals surface area contributed by atoms with E-state index >= 15 is 0 Å². The molecule has 2 aromatic rings. The van der Waals surface area contributed by atoms with Crippen LogP contribution in [0.1, 0.15) is 36.1 Å². The third-order valence-electron chi connectivity index (χ3n) is 2.37. The van der Waals surface area contributed by atoms with Gasteiger partial charge < -0.3 is 0 Å². The molecular weight excluding hydrogens is 265 g/mol. The number of amides is 1. The second-order valence-electron chi connectivity index (χ2n) is 5.13. The van der Waals surface area contributed by atoms with E-state index in [2.05, 4.69) is 15.5 Å². The molecule has 0 spiro atoms. The van der Waals surface area contributed by atoms with Gasteiger partial charge in [0, 0.05) is 11.0 Å². The molecular formula is C13H14FN3OS. The van der Waals surface area contributed by atoms with E-state index in [1.54, 1.807) is 6.07 Å². The van der Waals surface area contributed by atoms with Crippen LogP contribution in [0.3, 0.4) is 0 Å². The SMILES string of the molecule is CC(C)(C)c1nnc(NC(=O)c2cccc(F)c2)s1. The van der Waals surface area contributed by atoms with Gasteiger partial charge in [0.1, 0.15) is 10.8 Å². The van der Waals surface area contributed by atoms with Crippen molar-refractivity contribution in [1.29, 1.82) is 0 Å². The van der Waals surface area contributed by atoms with Crippen LogP contribution in [0.5, 0.6) is 0 Å². The van der Waals surface area contributed by atoms with Crippen molar-refractivity contribution in [3.05, 3.63) is 40.7 Å². The highest BCUT2D eigenvalue weighted by atomic mass is 32.1. The van der Waals surface area contributed by atoms with E-state index in [0.29, 0.717) is 5.13 Å². The lowest BCUT2D eigenvalue weighted by molar-refractivity contribution is 0.102. The molecule has 6 heteroatoms. The van der Waals surface area contributed by atoms with E-state index in [9.17, 15) is 9.18 Å². The molecule has 4 nitrogen and oxygen atoms in total. The Morgan fingerprint density at radius 3 is 2.63 bits per heavy atom. The maximum absolute atomic E-state index is 13.0. The van der Waals surface area contributed by atoms with Gasteiger partial charge in [0.05, 0.1) is 0 Å². The number of nitrogens with one attached hydrogen (secondary N) is 1. The number of benzene rings is 1. The van der Waals surface area contributed by atoms with Crippen molar-refractivity contribution >= 4 is 22.4 Å². The summed E-state index contributed by atoms with van der Waals surface area (Å²) in [6, 6.07) is 5.51. The number of aromatic nitrogens is 2. The summed E-state index contributed by atoms with van der Waals surface area (Å²) in [5.74, 6) is -0.837. The third-order valence-corrected chi connectivity index (χ3v) is 3.64. The average molecular weight is 279 g/mol. The Morgan fingerprint density at radius 2 is 2.05 bits per heavy atom. The number of rotatable bonds is 2. The molecule has 1 heterocycles. The van der Waals surface area contributed by atoms with Gasteiger partial charge in [0.25, 0.3) is 5.91 Å². The first-order valence-corrected chi connectivity index (χ1v) is 6.59.